The molecule has 86 valence electrons. The first-order valence-electron chi connectivity index (χ1n) is 5.85. The summed E-state index contributed by atoms with van der Waals surface area (Å²) in [6.07, 6.45) is 5.77. The lowest BCUT2D eigenvalue weighted by molar-refractivity contribution is 0.0843. The first-order chi connectivity index (χ1) is 7.78. The van der Waals surface area contributed by atoms with Gasteiger partial charge in [0.15, 0.2) is 5.82 Å². The van der Waals surface area contributed by atoms with E-state index >= 15 is 0 Å². The van der Waals surface area contributed by atoms with Crippen LogP contribution in [0.4, 0.5) is 0 Å². The zero-order valence-corrected chi connectivity index (χ0v) is 9.22. The van der Waals surface area contributed by atoms with E-state index in [9.17, 15) is 0 Å². The summed E-state index contributed by atoms with van der Waals surface area (Å²) in [6, 6.07) is 0. The number of hydrogen-bond acceptors (Lipinski definition) is 5. The third kappa shape index (κ3) is 1.81. The molecule has 1 aliphatic heterocycles. The number of aromatic nitrogens is 3. The van der Waals surface area contributed by atoms with Gasteiger partial charge >= 0.3 is 0 Å². The van der Waals surface area contributed by atoms with Crippen LogP contribution in [0.3, 0.4) is 0 Å². The van der Waals surface area contributed by atoms with Crippen LogP contribution in [0.1, 0.15) is 43.1 Å². The molecule has 0 atom stereocenters. The molecule has 1 aromatic heterocycles. The Morgan fingerprint density at radius 3 is 2.75 bits per heavy atom. The smallest absolute Gasteiger partial charge is 0.171 e. The Balaban J connectivity index is 1.84. The van der Waals surface area contributed by atoms with E-state index in [0.717, 1.165) is 50.4 Å². The van der Waals surface area contributed by atoms with Gasteiger partial charge in [0.2, 0.25) is 0 Å². The van der Waals surface area contributed by atoms with Gasteiger partial charge in [-0.05, 0) is 25.7 Å². The van der Waals surface area contributed by atoms with E-state index in [1.165, 1.54) is 0 Å². The molecule has 16 heavy (non-hydrogen) atoms. The number of ether oxygens (including phenoxy) is 1. The molecule has 2 fully saturated rings. The fourth-order valence-corrected chi connectivity index (χ4v) is 2.08. The molecule has 1 saturated heterocycles. The molecule has 0 aromatic carbocycles. The Labute approximate surface area is 94.4 Å². The van der Waals surface area contributed by atoms with Crippen LogP contribution in [0.15, 0.2) is 6.20 Å². The van der Waals surface area contributed by atoms with E-state index in [1.54, 1.807) is 6.20 Å². The molecular weight excluding hydrogens is 204 g/mol. The van der Waals surface area contributed by atoms with Gasteiger partial charge in [0.25, 0.3) is 0 Å². The Morgan fingerprint density at radius 1 is 1.31 bits per heavy atom. The van der Waals surface area contributed by atoms with Crippen LogP contribution in [-0.4, -0.2) is 28.4 Å². The summed E-state index contributed by atoms with van der Waals surface area (Å²) < 4.78 is 5.34. The second-order valence-electron chi connectivity index (χ2n) is 4.75. The zero-order valence-electron chi connectivity index (χ0n) is 9.22. The molecule has 0 amide bonds. The second kappa shape index (κ2) is 3.75. The van der Waals surface area contributed by atoms with E-state index in [1.807, 2.05) is 0 Å². The summed E-state index contributed by atoms with van der Waals surface area (Å²) in [5.41, 5.74) is 6.83. The molecule has 5 nitrogen and oxygen atoms in total. The SMILES string of the molecule is NC1(c2nncc(C3CCOCC3)n2)CC1. The largest absolute Gasteiger partial charge is 0.381 e. The Morgan fingerprint density at radius 2 is 2.06 bits per heavy atom. The molecule has 0 spiro atoms. The standard InChI is InChI=1S/C11H16N4O/c12-11(3-4-11)10-14-9(7-13-15-10)8-1-5-16-6-2-8/h7-8H,1-6,12H2. The van der Waals surface area contributed by atoms with Crippen molar-refractivity contribution in [2.45, 2.75) is 37.1 Å². The maximum atomic E-state index is 6.08. The number of hydrogen-bond donors (Lipinski definition) is 1. The Bertz CT molecular complexity index is 385. The van der Waals surface area contributed by atoms with Gasteiger partial charge in [-0.2, -0.15) is 5.10 Å². The second-order valence-corrected chi connectivity index (χ2v) is 4.75. The van der Waals surface area contributed by atoms with Crippen LogP contribution in [-0.2, 0) is 10.3 Å². The third-order valence-corrected chi connectivity index (χ3v) is 3.45. The van der Waals surface area contributed by atoms with E-state index in [0.29, 0.717) is 5.92 Å². The number of nitrogens with two attached hydrogens (primary N) is 1. The van der Waals surface area contributed by atoms with Crippen LogP contribution in [0.25, 0.3) is 0 Å². The Hall–Kier alpha value is -1.07. The summed E-state index contributed by atoms with van der Waals surface area (Å²) in [5, 5.41) is 8.08. The minimum atomic E-state index is -0.284. The molecule has 0 radical (unpaired) electrons. The highest BCUT2D eigenvalue weighted by molar-refractivity contribution is 5.16. The lowest BCUT2D eigenvalue weighted by Gasteiger charge is -2.21. The first kappa shape index (κ1) is 10.1. The van der Waals surface area contributed by atoms with Crippen LogP contribution in [0.2, 0.25) is 0 Å². The molecule has 2 aliphatic rings. The molecule has 2 heterocycles. The van der Waals surface area contributed by atoms with Gasteiger partial charge in [0, 0.05) is 19.1 Å². The van der Waals surface area contributed by atoms with Crippen molar-refractivity contribution in [3.8, 4) is 0 Å². The van der Waals surface area contributed by atoms with Crippen molar-refractivity contribution in [2.75, 3.05) is 13.2 Å². The van der Waals surface area contributed by atoms with E-state index in [4.69, 9.17) is 10.5 Å². The van der Waals surface area contributed by atoms with Crippen molar-refractivity contribution < 1.29 is 4.74 Å². The normalized spacial score (nSPS) is 24.3. The van der Waals surface area contributed by atoms with Gasteiger partial charge in [-0.25, -0.2) is 4.98 Å². The Kier molecular flexibility index (Phi) is 2.37. The average molecular weight is 220 g/mol. The lowest BCUT2D eigenvalue weighted by Crippen LogP contribution is -2.24. The minimum Gasteiger partial charge on any atom is -0.381 e. The van der Waals surface area contributed by atoms with Crippen LogP contribution in [0.5, 0.6) is 0 Å². The maximum Gasteiger partial charge on any atom is 0.171 e. The minimum absolute atomic E-state index is 0.284. The fraction of sp³-hybridized carbons (Fsp3) is 0.727. The van der Waals surface area contributed by atoms with Crippen molar-refractivity contribution in [3.63, 3.8) is 0 Å². The summed E-state index contributed by atoms with van der Waals surface area (Å²) in [5.74, 6) is 1.18. The van der Waals surface area contributed by atoms with Crippen LogP contribution in [0, 0.1) is 0 Å². The monoisotopic (exact) mass is 220 g/mol. The highest BCUT2D eigenvalue weighted by Gasteiger charge is 2.43. The number of rotatable bonds is 2. The molecule has 1 aliphatic carbocycles. The van der Waals surface area contributed by atoms with Crippen molar-refractivity contribution in [1.82, 2.24) is 15.2 Å². The van der Waals surface area contributed by atoms with Gasteiger partial charge in [-0.3, -0.25) is 0 Å². The highest BCUT2D eigenvalue weighted by Crippen LogP contribution is 2.40. The summed E-state index contributed by atoms with van der Waals surface area (Å²) >= 11 is 0. The van der Waals surface area contributed by atoms with Crippen LogP contribution >= 0.6 is 0 Å². The van der Waals surface area contributed by atoms with Crippen molar-refractivity contribution in [2.24, 2.45) is 5.73 Å². The highest BCUT2D eigenvalue weighted by atomic mass is 16.5. The maximum absolute atomic E-state index is 6.08. The molecule has 1 saturated carbocycles. The van der Waals surface area contributed by atoms with Gasteiger partial charge < -0.3 is 10.5 Å². The summed E-state index contributed by atoms with van der Waals surface area (Å²) in [6.45, 7) is 1.63. The molecule has 3 rings (SSSR count). The molecule has 5 heteroatoms. The molecular formula is C11H16N4O. The van der Waals surface area contributed by atoms with E-state index in [-0.39, 0.29) is 5.54 Å². The quantitative estimate of drug-likeness (QED) is 0.794. The van der Waals surface area contributed by atoms with E-state index < -0.39 is 0 Å². The number of nitrogens with zero attached hydrogens (tertiary/aromatic N) is 3. The predicted octanol–water partition coefficient (Wildman–Crippen LogP) is 0.713. The topological polar surface area (TPSA) is 73.9 Å². The fourth-order valence-electron chi connectivity index (χ4n) is 2.08. The lowest BCUT2D eigenvalue weighted by atomic mass is 9.97. The van der Waals surface area contributed by atoms with E-state index in [2.05, 4.69) is 15.2 Å². The van der Waals surface area contributed by atoms with Crippen molar-refractivity contribution in [3.05, 3.63) is 17.7 Å². The molecule has 0 bridgehead atoms. The predicted molar refractivity (Wildman–Crippen MR) is 57.7 cm³/mol. The third-order valence-electron chi connectivity index (χ3n) is 3.45. The van der Waals surface area contributed by atoms with Gasteiger partial charge in [-0.1, -0.05) is 0 Å². The average Bonchev–Trinajstić information content (AvgIpc) is 3.10. The van der Waals surface area contributed by atoms with Gasteiger partial charge in [0.05, 0.1) is 17.4 Å². The van der Waals surface area contributed by atoms with Crippen molar-refractivity contribution in [1.29, 1.82) is 0 Å². The van der Waals surface area contributed by atoms with Crippen LogP contribution < -0.4 is 5.73 Å². The molecule has 1 aromatic rings. The first-order valence-corrected chi connectivity index (χ1v) is 5.85. The van der Waals surface area contributed by atoms with Gasteiger partial charge in [0.1, 0.15) is 0 Å². The zero-order chi connectivity index (χ0) is 11.0. The molecule has 2 N–H and O–H groups in total. The summed E-state index contributed by atoms with van der Waals surface area (Å²) in [7, 11) is 0. The van der Waals surface area contributed by atoms with Crippen molar-refractivity contribution >= 4 is 0 Å². The molecule has 0 unspecified atom stereocenters. The summed E-state index contributed by atoms with van der Waals surface area (Å²) in [4.78, 5) is 4.58. The van der Waals surface area contributed by atoms with Gasteiger partial charge in [-0.15, -0.1) is 5.10 Å².